The zero-order valence-electron chi connectivity index (χ0n) is 12.1. The molecule has 0 radical (unpaired) electrons. The van der Waals surface area contributed by atoms with E-state index in [0.29, 0.717) is 5.69 Å². The molecule has 0 bridgehead atoms. The molecule has 0 spiro atoms. The monoisotopic (exact) mass is 272 g/mol. The third-order valence-corrected chi connectivity index (χ3v) is 3.22. The molecule has 0 saturated heterocycles. The third-order valence-electron chi connectivity index (χ3n) is 3.22. The summed E-state index contributed by atoms with van der Waals surface area (Å²) < 4.78 is 13.4. The fourth-order valence-electron chi connectivity index (χ4n) is 2.19. The van der Waals surface area contributed by atoms with Crippen molar-refractivity contribution in [1.82, 2.24) is 4.90 Å². The summed E-state index contributed by atoms with van der Waals surface area (Å²) in [6.45, 7) is 4.59. The Balaban J connectivity index is 1.78. The third kappa shape index (κ3) is 4.35. The average molecular weight is 272 g/mol. The van der Waals surface area contributed by atoms with Crippen molar-refractivity contribution < 1.29 is 4.39 Å². The van der Waals surface area contributed by atoms with Gasteiger partial charge in [0.2, 0.25) is 0 Å². The van der Waals surface area contributed by atoms with Gasteiger partial charge in [-0.15, -0.1) is 0 Å². The van der Waals surface area contributed by atoms with Gasteiger partial charge in [-0.1, -0.05) is 42.0 Å². The van der Waals surface area contributed by atoms with Crippen molar-refractivity contribution in [3.8, 4) is 0 Å². The molecular weight excluding hydrogens is 251 g/mol. The first-order valence-electron chi connectivity index (χ1n) is 6.87. The Morgan fingerprint density at radius 1 is 1.10 bits per heavy atom. The quantitative estimate of drug-likeness (QED) is 0.863. The molecule has 0 fully saturated rings. The van der Waals surface area contributed by atoms with Crippen molar-refractivity contribution in [2.75, 3.05) is 25.5 Å². The maximum atomic E-state index is 13.4. The van der Waals surface area contributed by atoms with Gasteiger partial charge < -0.3 is 10.2 Å². The van der Waals surface area contributed by atoms with Gasteiger partial charge in [0.05, 0.1) is 5.69 Å². The van der Waals surface area contributed by atoms with Crippen LogP contribution < -0.4 is 5.32 Å². The van der Waals surface area contributed by atoms with E-state index >= 15 is 0 Å². The molecule has 1 N–H and O–H groups in total. The van der Waals surface area contributed by atoms with E-state index in [2.05, 4.69) is 48.5 Å². The number of hydrogen-bond donors (Lipinski definition) is 1. The van der Waals surface area contributed by atoms with Crippen molar-refractivity contribution in [2.24, 2.45) is 0 Å². The minimum atomic E-state index is -0.200. The molecule has 2 rings (SSSR count). The topological polar surface area (TPSA) is 15.3 Å². The summed E-state index contributed by atoms with van der Waals surface area (Å²) in [5, 5.41) is 3.12. The summed E-state index contributed by atoms with van der Waals surface area (Å²) in [6.07, 6.45) is 0. The number of hydrogen-bond acceptors (Lipinski definition) is 2. The second kappa shape index (κ2) is 7.06. The lowest BCUT2D eigenvalue weighted by Crippen LogP contribution is -2.25. The molecule has 0 unspecified atom stereocenters. The maximum Gasteiger partial charge on any atom is 0.146 e. The summed E-state index contributed by atoms with van der Waals surface area (Å²) >= 11 is 0. The molecule has 2 aromatic rings. The molecule has 0 atom stereocenters. The summed E-state index contributed by atoms with van der Waals surface area (Å²) in [4.78, 5) is 2.22. The van der Waals surface area contributed by atoms with Crippen molar-refractivity contribution in [2.45, 2.75) is 13.5 Å². The second-order valence-electron chi connectivity index (χ2n) is 5.13. The van der Waals surface area contributed by atoms with Gasteiger partial charge in [0, 0.05) is 19.6 Å². The minimum Gasteiger partial charge on any atom is -0.381 e. The van der Waals surface area contributed by atoms with Crippen LogP contribution in [0.1, 0.15) is 11.1 Å². The van der Waals surface area contributed by atoms with Crippen LogP contribution in [0.5, 0.6) is 0 Å². The Labute approximate surface area is 120 Å². The van der Waals surface area contributed by atoms with Crippen LogP contribution in [0.2, 0.25) is 0 Å². The van der Waals surface area contributed by atoms with Gasteiger partial charge >= 0.3 is 0 Å². The molecule has 0 aliphatic carbocycles. The predicted octanol–water partition coefficient (Wildman–Crippen LogP) is 3.68. The first kappa shape index (κ1) is 14.5. The molecule has 106 valence electrons. The van der Waals surface area contributed by atoms with E-state index < -0.39 is 0 Å². The molecule has 0 amide bonds. The Morgan fingerprint density at radius 3 is 2.65 bits per heavy atom. The van der Waals surface area contributed by atoms with Gasteiger partial charge in [0.1, 0.15) is 5.82 Å². The van der Waals surface area contributed by atoms with Crippen LogP contribution in [0.4, 0.5) is 10.1 Å². The summed E-state index contributed by atoms with van der Waals surface area (Å²) in [6, 6.07) is 15.3. The fourth-order valence-corrected chi connectivity index (χ4v) is 2.19. The number of para-hydroxylation sites is 1. The molecule has 2 nitrogen and oxygen atoms in total. The number of rotatable bonds is 6. The smallest absolute Gasteiger partial charge is 0.146 e. The lowest BCUT2D eigenvalue weighted by atomic mass is 10.1. The molecule has 0 aliphatic heterocycles. The zero-order valence-corrected chi connectivity index (χ0v) is 12.1. The number of anilines is 1. The van der Waals surface area contributed by atoms with Gasteiger partial charge in [-0.3, -0.25) is 0 Å². The van der Waals surface area contributed by atoms with Crippen molar-refractivity contribution in [3.05, 3.63) is 65.5 Å². The van der Waals surface area contributed by atoms with E-state index in [1.807, 2.05) is 6.07 Å². The number of nitrogens with one attached hydrogen (secondary N) is 1. The highest BCUT2D eigenvalue weighted by molar-refractivity contribution is 5.44. The highest BCUT2D eigenvalue weighted by Gasteiger charge is 2.02. The molecule has 0 saturated carbocycles. The van der Waals surface area contributed by atoms with Gasteiger partial charge in [0.15, 0.2) is 0 Å². The Bertz CT molecular complexity index is 554. The van der Waals surface area contributed by atoms with E-state index in [0.717, 1.165) is 19.6 Å². The first-order valence-corrected chi connectivity index (χ1v) is 6.87. The van der Waals surface area contributed by atoms with Crippen LogP contribution in [-0.2, 0) is 6.54 Å². The van der Waals surface area contributed by atoms with Crippen LogP contribution in [0.25, 0.3) is 0 Å². The number of halogens is 1. The van der Waals surface area contributed by atoms with E-state index in [-0.39, 0.29) is 5.82 Å². The minimum absolute atomic E-state index is 0.200. The van der Waals surface area contributed by atoms with Gasteiger partial charge in [-0.25, -0.2) is 4.39 Å². The van der Waals surface area contributed by atoms with Crippen molar-refractivity contribution >= 4 is 5.69 Å². The van der Waals surface area contributed by atoms with E-state index in [9.17, 15) is 4.39 Å². The largest absolute Gasteiger partial charge is 0.381 e. The predicted molar refractivity (Wildman–Crippen MR) is 82.4 cm³/mol. The Morgan fingerprint density at radius 2 is 1.90 bits per heavy atom. The van der Waals surface area contributed by atoms with Crippen LogP contribution in [0.3, 0.4) is 0 Å². The highest BCUT2D eigenvalue weighted by Crippen LogP contribution is 2.12. The summed E-state index contributed by atoms with van der Waals surface area (Å²) in [7, 11) is 2.07. The van der Waals surface area contributed by atoms with Crippen LogP contribution in [-0.4, -0.2) is 25.0 Å². The van der Waals surface area contributed by atoms with Gasteiger partial charge in [-0.05, 0) is 31.7 Å². The molecule has 0 aromatic heterocycles. The first-order chi connectivity index (χ1) is 9.65. The Hall–Kier alpha value is -1.87. The van der Waals surface area contributed by atoms with E-state index in [1.165, 1.54) is 17.2 Å². The number of aryl methyl sites for hydroxylation is 1. The summed E-state index contributed by atoms with van der Waals surface area (Å²) in [5.41, 5.74) is 3.15. The van der Waals surface area contributed by atoms with Gasteiger partial charge in [0.25, 0.3) is 0 Å². The van der Waals surface area contributed by atoms with Crippen LogP contribution in [0.15, 0.2) is 48.5 Å². The molecule has 2 aromatic carbocycles. The van der Waals surface area contributed by atoms with Crippen molar-refractivity contribution in [3.63, 3.8) is 0 Å². The number of nitrogens with zero attached hydrogens (tertiary/aromatic N) is 1. The molecule has 20 heavy (non-hydrogen) atoms. The lowest BCUT2D eigenvalue weighted by Gasteiger charge is -2.18. The van der Waals surface area contributed by atoms with Crippen LogP contribution >= 0.6 is 0 Å². The Kier molecular flexibility index (Phi) is 5.13. The normalized spacial score (nSPS) is 10.8. The molecule has 3 heteroatoms. The summed E-state index contributed by atoms with van der Waals surface area (Å²) in [5.74, 6) is -0.200. The molecule has 0 heterocycles. The zero-order chi connectivity index (χ0) is 14.4. The number of benzene rings is 2. The fraction of sp³-hybridized carbons (Fsp3) is 0.294. The maximum absolute atomic E-state index is 13.4. The average Bonchev–Trinajstić information content (AvgIpc) is 2.41. The van der Waals surface area contributed by atoms with E-state index in [4.69, 9.17) is 0 Å². The molecular formula is C17H21FN2. The lowest BCUT2D eigenvalue weighted by molar-refractivity contribution is 0.340. The highest BCUT2D eigenvalue weighted by atomic mass is 19.1. The van der Waals surface area contributed by atoms with E-state index in [1.54, 1.807) is 12.1 Å². The van der Waals surface area contributed by atoms with Gasteiger partial charge in [-0.2, -0.15) is 0 Å². The van der Waals surface area contributed by atoms with Crippen LogP contribution in [0, 0.1) is 12.7 Å². The SMILES string of the molecule is Cc1cccc(CN(C)CCNc2ccccc2F)c1. The molecule has 0 aliphatic rings. The number of likely N-dealkylation sites (N-methyl/N-ethyl adjacent to an activating group) is 1. The standard InChI is InChI=1S/C17H21FN2/c1-14-6-5-7-15(12-14)13-20(2)11-10-19-17-9-4-3-8-16(17)18/h3-9,12,19H,10-11,13H2,1-2H3. The second-order valence-corrected chi connectivity index (χ2v) is 5.13. The van der Waals surface area contributed by atoms with Crippen molar-refractivity contribution in [1.29, 1.82) is 0 Å².